The number of amides is 2. The van der Waals surface area contributed by atoms with Crippen molar-refractivity contribution in [2.24, 2.45) is 11.7 Å². The molecule has 2 aliphatic rings. The van der Waals surface area contributed by atoms with Gasteiger partial charge in [-0.3, -0.25) is 9.59 Å². The number of hydrogen-bond acceptors (Lipinski definition) is 3. The Hall–Kier alpha value is -1.59. The molecule has 25 heavy (non-hydrogen) atoms. The Kier molecular flexibility index (Phi) is 5.64. The molecule has 6 heteroatoms. The number of halogens is 1. The van der Waals surface area contributed by atoms with E-state index in [0.29, 0.717) is 23.0 Å². The van der Waals surface area contributed by atoms with Crippen molar-refractivity contribution in [3.63, 3.8) is 0 Å². The summed E-state index contributed by atoms with van der Waals surface area (Å²) in [5.41, 5.74) is 6.21. The minimum atomic E-state index is -0.412. The Morgan fingerprint density at radius 1 is 1.28 bits per heavy atom. The van der Waals surface area contributed by atoms with Crippen LogP contribution in [0.2, 0.25) is 5.02 Å². The van der Waals surface area contributed by atoms with Crippen LogP contribution in [0.1, 0.15) is 49.4 Å². The van der Waals surface area contributed by atoms with Crippen LogP contribution in [0.4, 0.5) is 0 Å². The highest BCUT2D eigenvalue weighted by atomic mass is 35.5. The largest absolute Gasteiger partial charge is 0.351 e. The SMILES string of the molecule is C[C@@H](CN)NC(=O)C1CC2CCCCC2N1C(=O)c1ccc(Cl)cc1. The van der Waals surface area contributed by atoms with Gasteiger partial charge in [0, 0.05) is 29.2 Å². The zero-order valence-electron chi connectivity index (χ0n) is 14.6. The van der Waals surface area contributed by atoms with Crippen molar-refractivity contribution < 1.29 is 9.59 Å². The summed E-state index contributed by atoms with van der Waals surface area (Å²) < 4.78 is 0. The number of nitrogens with two attached hydrogens (primary N) is 1. The van der Waals surface area contributed by atoms with Crippen molar-refractivity contribution in [2.75, 3.05) is 6.54 Å². The summed E-state index contributed by atoms with van der Waals surface area (Å²) in [6.07, 6.45) is 5.09. The van der Waals surface area contributed by atoms with Gasteiger partial charge in [-0.25, -0.2) is 0 Å². The van der Waals surface area contributed by atoms with E-state index >= 15 is 0 Å². The van der Waals surface area contributed by atoms with Crippen LogP contribution in [0, 0.1) is 5.92 Å². The van der Waals surface area contributed by atoms with Crippen LogP contribution in [-0.4, -0.2) is 41.4 Å². The molecular weight excluding hydrogens is 338 g/mol. The number of hydrogen-bond donors (Lipinski definition) is 2. The van der Waals surface area contributed by atoms with E-state index in [0.717, 1.165) is 25.7 Å². The van der Waals surface area contributed by atoms with Crippen molar-refractivity contribution in [2.45, 2.75) is 57.2 Å². The summed E-state index contributed by atoms with van der Waals surface area (Å²) in [5.74, 6) is 0.246. The zero-order chi connectivity index (χ0) is 18.0. The fraction of sp³-hybridized carbons (Fsp3) is 0.579. The number of carbonyl (C=O) groups is 2. The second kappa shape index (κ2) is 7.75. The molecule has 136 valence electrons. The number of rotatable bonds is 4. The third-order valence-corrected chi connectivity index (χ3v) is 5.71. The lowest BCUT2D eigenvalue weighted by molar-refractivity contribution is -0.125. The summed E-state index contributed by atoms with van der Waals surface area (Å²) in [7, 11) is 0. The summed E-state index contributed by atoms with van der Waals surface area (Å²) >= 11 is 5.94. The fourth-order valence-electron chi connectivity index (χ4n) is 4.13. The van der Waals surface area contributed by atoms with Gasteiger partial charge in [-0.2, -0.15) is 0 Å². The molecule has 1 aliphatic carbocycles. The lowest BCUT2D eigenvalue weighted by atomic mass is 9.84. The zero-order valence-corrected chi connectivity index (χ0v) is 15.3. The molecule has 1 aromatic rings. The first kappa shape index (κ1) is 18.2. The van der Waals surface area contributed by atoms with Crippen molar-refractivity contribution in [3.05, 3.63) is 34.9 Å². The molecule has 1 saturated heterocycles. The molecule has 0 spiro atoms. The van der Waals surface area contributed by atoms with Gasteiger partial charge >= 0.3 is 0 Å². The Morgan fingerprint density at radius 2 is 1.96 bits per heavy atom. The van der Waals surface area contributed by atoms with Gasteiger partial charge in [-0.05, 0) is 56.4 Å². The normalized spacial score (nSPS) is 26.8. The van der Waals surface area contributed by atoms with Crippen LogP contribution < -0.4 is 11.1 Å². The van der Waals surface area contributed by atoms with E-state index < -0.39 is 6.04 Å². The molecule has 5 nitrogen and oxygen atoms in total. The van der Waals surface area contributed by atoms with Gasteiger partial charge in [-0.15, -0.1) is 0 Å². The molecule has 0 aromatic heterocycles. The van der Waals surface area contributed by atoms with Crippen LogP contribution in [0.15, 0.2) is 24.3 Å². The van der Waals surface area contributed by atoms with Crippen LogP contribution in [0.25, 0.3) is 0 Å². The smallest absolute Gasteiger partial charge is 0.254 e. The van der Waals surface area contributed by atoms with Gasteiger partial charge in [0.15, 0.2) is 0 Å². The van der Waals surface area contributed by atoms with E-state index in [1.807, 2.05) is 11.8 Å². The monoisotopic (exact) mass is 363 g/mol. The van der Waals surface area contributed by atoms with Gasteiger partial charge in [0.25, 0.3) is 5.91 Å². The third-order valence-electron chi connectivity index (χ3n) is 5.46. The first-order valence-electron chi connectivity index (χ1n) is 9.10. The van der Waals surface area contributed by atoms with E-state index in [2.05, 4.69) is 5.32 Å². The molecule has 3 unspecified atom stereocenters. The molecule has 0 bridgehead atoms. The molecule has 3 rings (SSSR count). The molecule has 2 amide bonds. The summed E-state index contributed by atoms with van der Waals surface area (Å²) in [4.78, 5) is 27.8. The fourth-order valence-corrected chi connectivity index (χ4v) is 4.25. The van der Waals surface area contributed by atoms with Crippen molar-refractivity contribution in [3.8, 4) is 0 Å². The minimum Gasteiger partial charge on any atom is -0.351 e. The van der Waals surface area contributed by atoms with Crippen LogP contribution in [0.3, 0.4) is 0 Å². The maximum Gasteiger partial charge on any atom is 0.254 e. The number of fused-ring (bicyclic) bond motifs is 1. The topological polar surface area (TPSA) is 75.4 Å². The van der Waals surface area contributed by atoms with Crippen LogP contribution in [-0.2, 0) is 4.79 Å². The Morgan fingerprint density at radius 3 is 2.64 bits per heavy atom. The predicted octanol–water partition coefficient (Wildman–Crippen LogP) is 2.58. The quantitative estimate of drug-likeness (QED) is 0.863. The van der Waals surface area contributed by atoms with E-state index in [1.165, 1.54) is 6.42 Å². The van der Waals surface area contributed by atoms with Gasteiger partial charge in [0.05, 0.1) is 0 Å². The number of nitrogens with zero attached hydrogens (tertiary/aromatic N) is 1. The molecule has 1 aromatic carbocycles. The molecule has 1 heterocycles. The number of nitrogens with one attached hydrogen (secondary N) is 1. The van der Waals surface area contributed by atoms with E-state index in [9.17, 15) is 9.59 Å². The summed E-state index contributed by atoms with van der Waals surface area (Å²) in [5, 5.41) is 3.54. The Bertz CT molecular complexity index is 634. The first-order valence-corrected chi connectivity index (χ1v) is 9.47. The Balaban J connectivity index is 1.86. The summed E-state index contributed by atoms with van der Waals surface area (Å²) in [6, 6.07) is 6.55. The average molecular weight is 364 g/mol. The van der Waals surface area contributed by atoms with E-state index in [4.69, 9.17) is 17.3 Å². The molecule has 2 fully saturated rings. The molecule has 1 aliphatic heterocycles. The lowest BCUT2D eigenvalue weighted by Gasteiger charge is -2.34. The molecule has 4 atom stereocenters. The maximum atomic E-state index is 13.2. The maximum absolute atomic E-state index is 13.2. The lowest BCUT2D eigenvalue weighted by Crippen LogP contribution is -2.52. The minimum absolute atomic E-state index is 0.0772. The second-order valence-corrected chi connectivity index (χ2v) is 7.66. The molecule has 3 N–H and O–H groups in total. The standard InChI is InChI=1S/C19H26ClN3O2/c1-12(11-21)22-18(24)17-10-14-4-2-3-5-16(14)23(17)19(25)13-6-8-15(20)9-7-13/h6-9,12,14,16-17H,2-5,10-11,21H2,1H3,(H,22,24)/t12-,14?,16?,17?/m0/s1. The third kappa shape index (κ3) is 3.82. The van der Waals surface area contributed by atoms with E-state index in [1.54, 1.807) is 24.3 Å². The highest BCUT2D eigenvalue weighted by Gasteiger charge is 2.47. The van der Waals surface area contributed by atoms with Gasteiger partial charge in [-0.1, -0.05) is 24.4 Å². The summed E-state index contributed by atoms with van der Waals surface area (Å²) in [6.45, 7) is 2.27. The molecular formula is C19H26ClN3O2. The number of carbonyl (C=O) groups excluding carboxylic acids is 2. The van der Waals surface area contributed by atoms with E-state index in [-0.39, 0.29) is 23.9 Å². The second-order valence-electron chi connectivity index (χ2n) is 7.23. The van der Waals surface area contributed by atoms with Gasteiger partial charge in [0.1, 0.15) is 6.04 Å². The predicted molar refractivity (Wildman–Crippen MR) is 98.4 cm³/mol. The van der Waals surface area contributed by atoms with Crippen molar-refractivity contribution in [1.82, 2.24) is 10.2 Å². The first-order chi connectivity index (χ1) is 12.0. The van der Waals surface area contributed by atoms with Crippen LogP contribution >= 0.6 is 11.6 Å². The van der Waals surface area contributed by atoms with Gasteiger partial charge < -0.3 is 16.0 Å². The highest BCUT2D eigenvalue weighted by molar-refractivity contribution is 6.30. The highest BCUT2D eigenvalue weighted by Crippen LogP contribution is 2.40. The van der Waals surface area contributed by atoms with Crippen molar-refractivity contribution >= 4 is 23.4 Å². The average Bonchev–Trinajstić information content (AvgIpc) is 3.01. The Labute approximate surface area is 153 Å². The van der Waals surface area contributed by atoms with Crippen molar-refractivity contribution in [1.29, 1.82) is 0 Å². The number of likely N-dealkylation sites (tertiary alicyclic amines) is 1. The van der Waals surface area contributed by atoms with Crippen LogP contribution in [0.5, 0.6) is 0 Å². The molecule has 0 radical (unpaired) electrons. The van der Waals surface area contributed by atoms with Gasteiger partial charge in [0.2, 0.25) is 5.91 Å². The molecule has 1 saturated carbocycles. The number of benzene rings is 1.